The van der Waals surface area contributed by atoms with Gasteiger partial charge >= 0.3 is 0 Å². The molecule has 0 saturated carbocycles. The smallest absolute Gasteiger partial charge is 0.248 e. The minimum absolute atomic E-state index is 0.0256. The molecule has 0 unspecified atom stereocenters. The summed E-state index contributed by atoms with van der Waals surface area (Å²) in [6, 6.07) is 13.3. The van der Waals surface area contributed by atoms with Crippen molar-refractivity contribution in [3.63, 3.8) is 0 Å². The fourth-order valence-electron chi connectivity index (χ4n) is 3.18. The van der Waals surface area contributed by atoms with Crippen molar-refractivity contribution in [2.45, 2.75) is 19.4 Å². The Morgan fingerprint density at radius 2 is 1.73 bits per heavy atom. The minimum Gasteiger partial charge on any atom is -0.366 e. The zero-order chi connectivity index (χ0) is 18.5. The van der Waals surface area contributed by atoms with Gasteiger partial charge in [-0.15, -0.1) is 0 Å². The summed E-state index contributed by atoms with van der Waals surface area (Å²) in [5.74, 6) is -0.776. The minimum atomic E-state index is -0.495. The SMILES string of the molecule is NC(=O)c1ccc(NC(=O)C2CCN(Cc3ccccc3F)CC2)cc1. The molecule has 0 aliphatic carbocycles. The molecule has 0 aromatic heterocycles. The maximum absolute atomic E-state index is 13.8. The molecule has 0 atom stereocenters. The number of amides is 2. The number of carbonyl (C=O) groups excluding carboxylic acids is 2. The molecule has 0 radical (unpaired) electrons. The summed E-state index contributed by atoms with van der Waals surface area (Å²) in [5, 5.41) is 2.88. The number of hydrogen-bond donors (Lipinski definition) is 2. The highest BCUT2D eigenvalue weighted by atomic mass is 19.1. The number of rotatable bonds is 5. The molecule has 2 aromatic rings. The van der Waals surface area contributed by atoms with Crippen LogP contribution in [0.25, 0.3) is 0 Å². The summed E-state index contributed by atoms with van der Waals surface area (Å²) in [6.45, 7) is 2.08. The van der Waals surface area contributed by atoms with E-state index in [1.54, 1.807) is 36.4 Å². The van der Waals surface area contributed by atoms with Crippen LogP contribution in [-0.4, -0.2) is 29.8 Å². The zero-order valence-electron chi connectivity index (χ0n) is 14.5. The second-order valence-corrected chi connectivity index (χ2v) is 6.57. The molecule has 1 fully saturated rings. The molecule has 3 rings (SSSR count). The van der Waals surface area contributed by atoms with Gasteiger partial charge < -0.3 is 11.1 Å². The molecule has 136 valence electrons. The van der Waals surface area contributed by atoms with E-state index in [4.69, 9.17) is 5.73 Å². The molecular formula is C20H22FN3O2. The Balaban J connectivity index is 1.50. The van der Waals surface area contributed by atoms with Gasteiger partial charge in [0.2, 0.25) is 11.8 Å². The number of halogens is 1. The Kier molecular flexibility index (Phi) is 5.63. The fourth-order valence-corrected chi connectivity index (χ4v) is 3.18. The van der Waals surface area contributed by atoms with Crippen molar-refractivity contribution in [3.8, 4) is 0 Å². The Hall–Kier alpha value is -2.73. The topological polar surface area (TPSA) is 75.4 Å². The molecule has 5 nitrogen and oxygen atoms in total. The van der Waals surface area contributed by atoms with Crippen molar-refractivity contribution in [2.75, 3.05) is 18.4 Å². The van der Waals surface area contributed by atoms with E-state index in [0.29, 0.717) is 23.4 Å². The van der Waals surface area contributed by atoms with Crippen LogP contribution < -0.4 is 11.1 Å². The molecule has 0 spiro atoms. The molecular weight excluding hydrogens is 333 g/mol. The number of anilines is 1. The maximum atomic E-state index is 13.8. The molecule has 1 aliphatic rings. The number of nitrogens with two attached hydrogens (primary N) is 1. The number of likely N-dealkylation sites (tertiary alicyclic amines) is 1. The monoisotopic (exact) mass is 355 g/mol. The lowest BCUT2D eigenvalue weighted by molar-refractivity contribution is -0.121. The Labute approximate surface area is 152 Å². The first-order valence-electron chi connectivity index (χ1n) is 8.69. The normalized spacial score (nSPS) is 15.6. The molecule has 2 amide bonds. The van der Waals surface area contributed by atoms with E-state index in [1.165, 1.54) is 6.07 Å². The molecule has 3 N–H and O–H groups in total. The summed E-state index contributed by atoms with van der Waals surface area (Å²) >= 11 is 0. The van der Waals surface area contributed by atoms with Crippen LogP contribution in [0, 0.1) is 11.7 Å². The van der Waals surface area contributed by atoms with Crippen molar-refractivity contribution in [1.29, 1.82) is 0 Å². The van der Waals surface area contributed by atoms with Crippen molar-refractivity contribution >= 4 is 17.5 Å². The van der Waals surface area contributed by atoms with Crippen LogP contribution in [0.2, 0.25) is 0 Å². The third-order valence-corrected chi connectivity index (χ3v) is 4.75. The van der Waals surface area contributed by atoms with Crippen LogP contribution in [0.1, 0.15) is 28.8 Å². The highest BCUT2D eigenvalue weighted by molar-refractivity contribution is 5.95. The lowest BCUT2D eigenvalue weighted by Gasteiger charge is -2.31. The summed E-state index contributed by atoms with van der Waals surface area (Å²) in [7, 11) is 0. The predicted molar refractivity (Wildman–Crippen MR) is 98.0 cm³/mol. The van der Waals surface area contributed by atoms with Gasteiger partial charge in [0.05, 0.1) is 0 Å². The van der Waals surface area contributed by atoms with E-state index in [0.717, 1.165) is 25.9 Å². The van der Waals surface area contributed by atoms with Crippen molar-refractivity contribution in [2.24, 2.45) is 11.7 Å². The summed E-state index contributed by atoms with van der Waals surface area (Å²) < 4.78 is 13.8. The van der Waals surface area contributed by atoms with Crippen molar-refractivity contribution in [3.05, 3.63) is 65.5 Å². The van der Waals surface area contributed by atoms with Gasteiger partial charge in [0.15, 0.2) is 0 Å². The van der Waals surface area contributed by atoms with Crippen LogP contribution in [-0.2, 0) is 11.3 Å². The standard InChI is InChI=1S/C20H22FN3O2/c21-18-4-2-1-3-16(18)13-24-11-9-15(10-12-24)20(26)23-17-7-5-14(6-8-17)19(22)25/h1-8,15H,9-13H2,(H2,22,25)(H,23,26). The molecule has 1 heterocycles. The van der Waals surface area contributed by atoms with Crippen molar-refractivity contribution < 1.29 is 14.0 Å². The number of carbonyl (C=O) groups is 2. The average Bonchev–Trinajstić information content (AvgIpc) is 2.64. The van der Waals surface area contributed by atoms with E-state index < -0.39 is 5.91 Å². The van der Waals surface area contributed by atoms with Crippen LogP contribution >= 0.6 is 0 Å². The second-order valence-electron chi connectivity index (χ2n) is 6.57. The van der Waals surface area contributed by atoms with Gasteiger partial charge in [0.25, 0.3) is 0 Å². The van der Waals surface area contributed by atoms with Crippen LogP contribution in [0.5, 0.6) is 0 Å². The van der Waals surface area contributed by atoms with Crippen LogP contribution in [0.4, 0.5) is 10.1 Å². The Morgan fingerprint density at radius 3 is 2.35 bits per heavy atom. The summed E-state index contributed by atoms with van der Waals surface area (Å²) in [4.78, 5) is 25.7. The molecule has 1 saturated heterocycles. The predicted octanol–water partition coefficient (Wildman–Crippen LogP) is 2.78. The van der Waals surface area contributed by atoms with Crippen LogP contribution in [0.15, 0.2) is 48.5 Å². The number of primary amides is 1. The fraction of sp³-hybridized carbons (Fsp3) is 0.300. The molecule has 26 heavy (non-hydrogen) atoms. The first-order valence-corrected chi connectivity index (χ1v) is 8.69. The van der Waals surface area contributed by atoms with Crippen LogP contribution in [0.3, 0.4) is 0 Å². The quantitative estimate of drug-likeness (QED) is 0.866. The van der Waals surface area contributed by atoms with Gasteiger partial charge in [-0.05, 0) is 56.3 Å². The van der Waals surface area contributed by atoms with E-state index in [-0.39, 0.29) is 17.6 Å². The number of piperidine rings is 1. The Morgan fingerprint density at radius 1 is 1.08 bits per heavy atom. The van der Waals surface area contributed by atoms with E-state index >= 15 is 0 Å². The van der Waals surface area contributed by atoms with Gasteiger partial charge in [0.1, 0.15) is 5.82 Å². The van der Waals surface area contributed by atoms with Gasteiger partial charge in [-0.2, -0.15) is 0 Å². The number of benzene rings is 2. The first-order chi connectivity index (χ1) is 12.5. The molecule has 6 heteroatoms. The van der Waals surface area contributed by atoms with Gasteiger partial charge in [-0.25, -0.2) is 4.39 Å². The Bertz CT molecular complexity index is 784. The maximum Gasteiger partial charge on any atom is 0.248 e. The lowest BCUT2D eigenvalue weighted by atomic mass is 9.95. The van der Waals surface area contributed by atoms with E-state index in [1.807, 2.05) is 6.07 Å². The largest absolute Gasteiger partial charge is 0.366 e. The third kappa shape index (κ3) is 4.46. The highest BCUT2D eigenvalue weighted by Crippen LogP contribution is 2.22. The number of nitrogens with zero attached hydrogens (tertiary/aromatic N) is 1. The van der Waals surface area contributed by atoms with Crippen molar-refractivity contribution in [1.82, 2.24) is 4.90 Å². The average molecular weight is 355 g/mol. The number of hydrogen-bond acceptors (Lipinski definition) is 3. The lowest BCUT2D eigenvalue weighted by Crippen LogP contribution is -2.37. The van der Waals surface area contributed by atoms with Gasteiger partial charge in [0, 0.05) is 29.3 Å². The van der Waals surface area contributed by atoms with Gasteiger partial charge in [-0.3, -0.25) is 14.5 Å². The molecule has 0 bridgehead atoms. The van der Waals surface area contributed by atoms with E-state index in [9.17, 15) is 14.0 Å². The van der Waals surface area contributed by atoms with Gasteiger partial charge in [-0.1, -0.05) is 18.2 Å². The summed E-state index contributed by atoms with van der Waals surface area (Å²) in [6.07, 6.45) is 1.47. The molecule has 2 aromatic carbocycles. The van der Waals surface area contributed by atoms with E-state index in [2.05, 4.69) is 10.2 Å². The second kappa shape index (κ2) is 8.10. The zero-order valence-corrected chi connectivity index (χ0v) is 14.5. The molecule has 1 aliphatic heterocycles. The highest BCUT2D eigenvalue weighted by Gasteiger charge is 2.25. The first kappa shape index (κ1) is 18.1. The third-order valence-electron chi connectivity index (χ3n) is 4.75. The number of nitrogens with one attached hydrogen (secondary N) is 1. The summed E-state index contributed by atoms with van der Waals surface area (Å²) in [5.41, 5.74) is 6.94.